The summed E-state index contributed by atoms with van der Waals surface area (Å²) in [6.45, 7) is 3.66. The Kier molecular flexibility index (Phi) is 6.25. The van der Waals surface area contributed by atoms with Crippen molar-refractivity contribution in [3.8, 4) is 0 Å². The maximum Gasteiger partial charge on any atom is 0.407 e. The van der Waals surface area contributed by atoms with Crippen LogP contribution in [0.5, 0.6) is 0 Å². The highest BCUT2D eigenvalue weighted by atomic mass is 32.2. The molecule has 2 rings (SSSR count). The summed E-state index contributed by atoms with van der Waals surface area (Å²) in [5.74, 6) is -0.615. The molecule has 1 aliphatic heterocycles. The van der Waals surface area contributed by atoms with Crippen LogP contribution in [-0.4, -0.2) is 49.4 Å². The van der Waals surface area contributed by atoms with Crippen molar-refractivity contribution in [2.24, 2.45) is 0 Å². The van der Waals surface area contributed by atoms with Gasteiger partial charge in [-0.05, 0) is 18.9 Å². The standard InChI is InChI=1S/C17H24N2O6S/c1-4-17(25-5-2)14(11-15(20)19(17)26(3,22)23)18-16(21)24-12-13-9-7-6-8-10-13/h6-10,14H,4-5,11-12H2,1-3H3,(H,18,21)/t14-,17?/m0/s1. The molecule has 0 saturated carbocycles. The topological polar surface area (TPSA) is 102 Å². The van der Waals surface area contributed by atoms with Gasteiger partial charge in [-0.3, -0.25) is 4.79 Å². The van der Waals surface area contributed by atoms with Gasteiger partial charge in [0.15, 0.2) is 5.72 Å². The van der Waals surface area contributed by atoms with Gasteiger partial charge in [0.1, 0.15) is 6.61 Å². The fourth-order valence-corrected chi connectivity index (χ4v) is 4.52. The molecular formula is C17H24N2O6S. The maximum absolute atomic E-state index is 12.3. The van der Waals surface area contributed by atoms with Crippen LogP contribution in [0, 0.1) is 0 Å². The molecule has 144 valence electrons. The molecule has 1 N–H and O–H groups in total. The molecule has 0 aromatic heterocycles. The first-order valence-corrected chi connectivity index (χ1v) is 10.2. The van der Waals surface area contributed by atoms with Crippen molar-refractivity contribution in [3.63, 3.8) is 0 Å². The second kappa shape index (κ2) is 8.05. The average molecular weight is 384 g/mol. The van der Waals surface area contributed by atoms with Crippen LogP contribution < -0.4 is 5.32 Å². The fraction of sp³-hybridized carbons (Fsp3) is 0.529. The number of nitrogens with one attached hydrogen (secondary N) is 1. The largest absolute Gasteiger partial charge is 0.445 e. The minimum absolute atomic E-state index is 0.0664. The SMILES string of the molecule is CCOC1(CC)[C@@H](NC(=O)OCc2ccccc2)CC(=O)N1S(C)(=O)=O. The number of carbonyl (C=O) groups is 2. The van der Waals surface area contributed by atoms with Crippen molar-refractivity contribution in [1.29, 1.82) is 0 Å². The second-order valence-corrected chi connectivity index (χ2v) is 7.85. The zero-order valence-electron chi connectivity index (χ0n) is 15.1. The number of rotatable bonds is 7. The van der Waals surface area contributed by atoms with Gasteiger partial charge < -0.3 is 14.8 Å². The third-order valence-corrected chi connectivity index (χ3v) is 5.41. The number of ether oxygens (including phenoxy) is 2. The summed E-state index contributed by atoms with van der Waals surface area (Å²) < 4.78 is 35.8. The molecular weight excluding hydrogens is 360 g/mol. The van der Waals surface area contributed by atoms with Crippen molar-refractivity contribution in [2.75, 3.05) is 12.9 Å². The van der Waals surface area contributed by atoms with E-state index in [9.17, 15) is 18.0 Å². The van der Waals surface area contributed by atoms with Gasteiger partial charge in [-0.15, -0.1) is 0 Å². The number of alkyl carbamates (subject to hydrolysis) is 1. The van der Waals surface area contributed by atoms with E-state index in [1.165, 1.54) is 0 Å². The zero-order chi connectivity index (χ0) is 19.4. The Balaban J connectivity index is 2.15. The van der Waals surface area contributed by atoms with Gasteiger partial charge in [-0.25, -0.2) is 17.5 Å². The number of hydrogen-bond donors (Lipinski definition) is 1. The molecule has 1 aromatic carbocycles. The fourth-order valence-electron chi connectivity index (χ4n) is 3.21. The highest BCUT2D eigenvalue weighted by Gasteiger charge is 2.57. The summed E-state index contributed by atoms with van der Waals surface area (Å²) in [6.07, 6.45) is 0.231. The molecule has 1 aliphatic rings. The minimum atomic E-state index is -3.85. The van der Waals surface area contributed by atoms with Gasteiger partial charge in [0.05, 0.1) is 18.7 Å². The summed E-state index contributed by atoms with van der Waals surface area (Å²) >= 11 is 0. The van der Waals surface area contributed by atoms with Crippen LogP contribution in [-0.2, 0) is 30.9 Å². The molecule has 0 aliphatic carbocycles. The first kappa shape index (κ1) is 20.2. The predicted octanol–water partition coefficient (Wildman–Crippen LogP) is 1.62. The molecule has 0 bridgehead atoms. The second-order valence-electron chi connectivity index (χ2n) is 6.02. The summed E-state index contributed by atoms with van der Waals surface area (Å²) in [5.41, 5.74) is -0.639. The molecule has 1 unspecified atom stereocenters. The molecule has 26 heavy (non-hydrogen) atoms. The van der Waals surface area contributed by atoms with Crippen LogP contribution in [0.2, 0.25) is 0 Å². The molecule has 1 saturated heterocycles. The molecule has 1 aromatic rings. The summed E-state index contributed by atoms with van der Waals surface area (Å²) in [7, 11) is -3.85. The lowest BCUT2D eigenvalue weighted by atomic mass is 10.0. The van der Waals surface area contributed by atoms with E-state index in [0.717, 1.165) is 16.1 Å². The van der Waals surface area contributed by atoms with Crippen LogP contribution >= 0.6 is 0 Å². The Morgan fingerprint density at radius 2 is 1.96 bits per heavy atom. The quantitative estimate of drug-likeness (QED) is 0.766. The Bertz CT molecular complexity index is 752. The Morgan fingerprint density at radius 1 is 1.31 bits per heavy atom. The van der Waals surface area contributed by atoms with Crippen LogP contribution in [0.4, 0.5) is 4.79 Å². The van der Waals surface area contributed by atoms with E-state index in [2.05, 4.69) is 5.32 Å². The van der Waals surface area contributed by atoms with Crippen molar-refractivity contribution < 1.29 is 27.5 Å². The van der Waals surface area contributed by atoms with Crippen LogP contribution in [0.15, 0.2) is 30.3 Å². The first-order valence-electron chi connectivity index (χ1n) is 8.39. The van der Waals surface area contributed by atoms with Crippen LogP contribution in [0.3, 0.4) is 0 Å². The number of nitrogens with zero attached hydrogens (tertiary/aromatic N) is 1. The number of hydrogen-bond acceptors (Lipinski definition) is 6. The third-order valence-electron chi connectivity index (χ3n) is 4.23. The van der Waals surface area contributed by atoms with E-state index in [1.807, 2.05) is 30.3 Å². The third kappa shape index (κ3) is 4.16. The normalized spacial score (nSPS) is 23.1. The van der Waals surface area contributed by atoms with Gasteiger partial charge >= 0.3 is 6.09 Å². The monoisotopic (exact) mass is 384 g/mol. The zero-order valence-corrected chi connectivity index (χ0v) is 15.9. The molecule has 0 spiro atoms. The number of benzene rings is 1. The van der Waals surface area contributed by atoms with Crippen molar-refractivity contribution in [3.05, 3.63) is 35.9 Å². The van der Waals surface area contributed by atoms with Crippen molar-refractivity contribution in [2.45, 2.75) is 45.1 Å². The molecule has 0 radical (unpaired) electrons. The van der Waals surface area contributed by atoms with Gasteiger partial charge in [0.2, 0.25) is 15.9 Å². The Labute approximate surface area is 153 Å². The Hall–Kier alpha value is -2.13. The van der Waals surface area contributed by atoms with Gasteiger partial charge in [-0.2, -0.15) is 0 Å². The lowest BCUT2D eigenvalue weighted by molar-refractivity contribution is -0.144. The molecule has 9 heteroatoms. The number of carbonyl (C=O) groups excluding carboxylic acids is 2. The average Bonchev–Trinajstić information content (AvgIpc) is 2.86. The Morgan fingerprint density at radius 3 is 2.50 bits per heavy atom. The van der Waals surface area contributed by atoms with Gasteiger partial charge in [-0.1, -0.05) is 37.3 Å². The molecule has 1 heterocycles. The van der Waals surface area contributed by atoms with Gasteiger partial charge in [0, 0.05) is 6.61 Å². The molecule has 2 amide bonds. The van der Waals surface area contributed by atoms with Gasteiger partial charge in [0.25, 0.3) is 0 Å². The van der Waals surface area contributed by atoms with Crippen molar-refractivity contribution in [1.82, 2.24) is 9.62 Å². The summed E-state index contributed by atoms with van der Waals surface area (Å²) in [5, 5.41) is 2.60. The summed E-state index contributed by atoms with van der Waals surface area (Å²) in [4.78, 5) is 24.5. The lowest BCUT2D eigenvalue weighted by Crippen LogP contribution is -2.59. The highest BCUT2D eigenvalue weighted by molar-refractivity contribution is 7.89. The van der Waals surface area contributed by atoms with E-state index >= 15 is 0 Å². The van der Waals surface area contributed by atoms with E-state index in [0.29, 0.717) is 0 Å². The first-order chi connectivity index (χ1) is 12.2. The maximum atomic E-state index is 12.3. The number of sulfonamides is 1. The van der Waals surface area contributed by atoms with Crippen molar-refractivity contribution >= 4 is 22.0 Å². The van der Waals surface area contributed by atoms with Crippen LogP contribution in [0.25, 0.3) is 0 Å². The lowest BCUT2D eigenvalue weighted by Gasteiger charge is -2.39. The highest BCUT2D eigenvalue weighted by Crippen LogP contribution is 2.37. The molecule has 8 nitrogen and oxygen atoms in total. The smallest absolute Gasteiger partial charge is 0.407 e. The molecule has 1 fully saturated rings. The minimum Gasteiger partial charge on any atom is -0.445 e. The summed E-state index contributed by atoms with van der Waals surface area (Å²) in [6, 6.07) is 8.30. The van der Waals surface area contributed by atoms with E-state index in [-0.39, 0.29) is 26.1 Å². The van der Waals surface area contributed by atoms with E-state index in [4.69, 9.17) is 9.47 Å². The van der Waals surface area contributed by atoms with Crippen LogP contribution in [0.1, 0.15) is 32.3 Å². The van der Waals surface area contributed by atoms with E-state index in [1.54, 1.807) is 13.8 Å². The predicted molar refractivity (Wildman–Crippen MR) is 94.5 cm³/mol. The number of amides is 2. The van der Waals surface area contributed by atoms with E-state index < -0.39 is 33.8 Å². The molecule has 2 atom stereocenters.